The van der Waals surface area contributed by atoms with Gasteiger partial charge in [-0.2, -0.15) is 0 Å². The molecule has 0 spiro atoms. The molecule has 0 saturated carbocycles. The maximum Gasteiger partial charge on any atom is 0.211 e. The van der Waals surface area contributed by atoms with Gasteiger partial charge in [0.25, 0.3) is 0 Å². The molecule has 6 heteroatoms. The molecule has 1 aliphatic heterocycles. The molecule has 1 N–H and O–H groups in total. The lowest BCUT2D eigenvalue weighted by atomic mass is 10.0. The van der Waals surface area contributed by atoms with E-state index in [1.807, 2.05) is 25.1 Å². The van der Waals surface area contributed by atoms with Gasteiger partial charge in [0, 0.05) is 12.6 Å². The van der Waals surface area contributed by atoms with Gasteiger partial charge in [-0.1, -0.05) is 31.9 Å². The predicted octanol–water partition coefficient (Wildman–Crippen LogP) is 2.94. The van der Waals surface area contributed by atoms with Gasteiger partial charge in [-0.25, -0.2) is 13.1 Å². The number of unbranched alkanes of at least 4 members (excludes halogenated alkanes) is 1. The summed E-state index contributed by atoms with van der Waals surface area (Å²) in [5.74, 6) is 1.01. The minimum atomic E-state index is -3.21. The van der Waals surface area contributed by atoms with Crippen LogP contribution in [0.5, 0.6) is 5.75 Å². The molecule has 1 fully saturated rings. The van der Waals surface area contributed by atoms with Crippen LogP contribution in [0.4, 0.5) is 0 Å². The zero-order chi connectivity index (χ0) is 17.4. The summed E-state index contributed by atoms with van der Waals surface area (Å²) in [5, 5.41) is 0. The van der Waals surface area contributed by atoms with Crippen molar-refractivity contribution in [1.29, 1.82) is 0 Å². The normalized spacial score (nSPS) is 17.6. The second-order valence-corrected chi connectivity index (χ2v) is 8.34. The Morgan fingerprint density at radius 2 is 2.00 bits per heavy atom. The van der Waals surface area contributed by atoms with Gasteiger partial charge >= 0.3 is 0 Å². The zero-order valence-electron chi connectivity index (χ0n) is 14.8. The molecule has 1 atom stereocenters. The second-order valence-electron chi connectivity index (χ2n) is 6.41. The van der Waals surface area contributed by atoms with Crippen molar-refractivity contribution in [3.63, 3.8) is 0 Å². The second kappa shape index (κ2) is 9.39. The summed E-state index contributed by atoms with van der Waals surface area (Å²) in [4.78, 5) is 2.39. The smallest absolute Gasteiger partial charge is 0.211 e. The first kappa shape index (κ1) is 19.2. The quantitative estimate of drug-likeness (QED) is 0.741. The highest BCUT2D eigenvalue weighted by molar-refractivity contribution is 7.89. The van der Waals surface area contributed by atoms with Crippen LogP contribution < -0.4 is 9.46 Å². The SMILES string of the molecule is CCCCS(=O)(=O)NCC(c1cccc(OC)c1)N1CCCCC1. The molecule has 0 radical (unpaired) electrons. The standard InChI is InChI=1S/C18H30N2O3S/c1-3-4-13-24(21,22)19-15-18(20-11-6-5-7-12-20)16-9-8-10-17(14-16)23-2/h8-10,14,18-19H,3-7,11-13,15H2,1-2H3. The highest BCUT2D eigenvalue weighted by atomic mass is 32.2. The minimum absolute atomic E-state index is 0.0526. The van der Waals surface area contributed by atoms with E-state index in [2.05, 4.69) is 15.7 Å². The van der Waals surface area contributed by atoms with Crippen LogP contribution in [-0.2, 0) is 10.0 Å². The fourth-order valence-electron chi connectivity index (χ4n) is 3.15. The number of piperidine rings is 1. The topological polar surface area (TPSA) is 58.6 Å². The van der Waals surface area contributed by atoms with Crippen molar-refractivity contribution in [1.82, 2.24) is 9.62 Å². The van der Waals surface area contributed by atoms with Gasteiger partial charge in [-0.05, 0) is 50.0 Å². The van der Waals surface area contributed by atoms with Crippen LogP contribution in [0.1, 0.15) is 50.6 Å². The predicted molar refractivity (Wildman–Crippen MR) is 97.9 cm³/mol. The minimum Gasteiger partial charge on any atom is -0.497 e. The number of sulfonamides is 1. The van der Waals surface area contributed by atoms with E-state index in [1.54, 1.807) is 7.11 Å². The summed E-state index contributed by atoms with van der Waals surface area (Å²) >= 11 is 0. The maximum absolute atomic E-state index is 12.2. The van der Waals surface area contributed by atoms with Crippen LogP contribution in [0, 0.1) is 0 Å². The van der Waals surface area contributed by atoms with E-state index in [9.17, 15) is 8.42 Å². The van der Waals surface area contributed by atoms with Crippen LogP contribution in [0.2, 0.25) is 0 Å². The Labute approximate surface area is 146 Å². The molecule has 0 bridgehead atoms. The van der Waals surface area contributed by atoms with Gasteiger partial charge in [0.15, 0.2) is 0 Å². The van der Waals surface area contributed by atoms with Crippen molar-refractivity contribution >= 4 is 10.0 Å². The third-order valence-electron chi connectivity index (χ3n) is 4.57. The summed E-state index contributed by atoms with van der Waals surface area (Å²) in [7, 11) is -1.55. The molecule has 1 saturated heterocycles. The molecule has 1 heterocycles. The molecule has 1 unspecified atom stereocenters. The number of rotatable bonds is 9. The van der Waals surface area contributed by atoms with Gasteiger partial charge < -0.3 is 4.74 Å². The lowest BCUT2D eigenvalue weighted by Crippen LogP contribution is -2.41. The van der Waals surface area contributed by atoms with E-state index >= 15 is 0 Å². The first-order valence-electron chi connectivity index (χ1n) is 8.91. The number of ether oxygens (including phenoxy) is 1. The molecule has 1 aromatic rings. The zero-order valence-corrected chi connectivity index (χ0v) is 15.6. The van der Waals surface area contributed by atoms with E-state index < -0.39 is 10.0 Å². The van der Waals surface area contributed by atoms with Crippen molar-refractivity contribution in [2.45, 2.75) is 45.1 Å². The summed E-state index contributed by atoms with van der Waals surface area (Å²) in [5.41, 5.74) is 1.11. The average Bonchev–Trinajstić information content (AvgIpc) is 2.61. The van der Waals surface area contributed by atoms with E-state index in [0.717, 1.165) is 30.8 Å². The molecule has 136 valence electrons. The first-order valence-corrected chi connectivity index (χ1v) is 10.6. The molecular weight excluding hydrogens is 324 g/mol. The van der Waals surface area contributed by atoms with Crippen LogP contribution in [0.15, 0.2) is 24.3 Å². The number of nitrogens with one attached hydrogen (secondary N) is 1. The number of methoxy groups -OCH3 is 1. The summed E-state index contributed by atoms with van der Waals surface area (Å²) in [6.45, 7) is 4.44. The van der Waals surface area contributed by atoms with Crippen LogP contribution >= 0.6 is 0 Å². The van der Waals surface area contributed by atoms with Crippen LogP contribution in [0.25, 0.3) is 0 Å². The van der Waals surface area contributed by atoms with Crippen LogP contribution in [-0.4, -0.2) is 45.8 Å². The van der Waals surface area contributed by atoms with Gasteiger partial charge in [0.1, 0.15) is 5.75 Å². The molecule has 0 aliphatic carbocycles. The van der Waals surface area contributed by atoms with Crippen molar-refractivity contribution in [2.75, 3.05) is 32.5 Å². The Balaban J connectivity index is 2.13. The highest BCUT2D eigenvalue weighted by Gasteiger charge is 2.24. The van der Waals surface area contributed by atoms with Crippen LogP contribution in [0.3, 0.4) is 0 Å². The van der Waals surface area contributed by atoms with E-state index in [-0.39, 0.29) is 11.8 Å². The van der Waals surface area contributed by atoms with Gasteiger partial charge in [-0.3, -0.25) is 4.90 Å². The maximum atomic E-state index is 12.2. The Morgan fingerprint density at radius 3 is 2.67 bits per heavy atom. The lowest BCUT2D eigenvalue weighted by Gasteiger charge is -2.35. The van der Waals surface area contributed by atoms with E-state index in [1.165, 1.54) is 19.3 Å². The molecule has 1 aromatic carbocycles. The Hall–Kier alpha value is -1.11. The molecule has 2 rings (SSSR count). The fourth-order valence-corrected chi connectivity index (χ4v) is 4.37. The van der Waals surface area contributed by atoms with Crippen molar-refractivity contribution in [3.05, 3.63) is 29.8 Å². The Kier molecular flexibility index (Phi) is 7.52. The fraction of sp³-hybridized carbons (Fsp3) is 0.667. The van der Waals surface area contributed by atoms with E-state index in [4.69, 9.17) is 4.74 Å². The average molecular weight is 355 g/mol. The van der Waals surface area contributed by atoms with Gasteiger partial charge in [0.05, 0.1) is 12.9 Å². The number of hydrogen-bond acceptors (Lipinski definition) is 4. The summed E-state index contributed by atoms with van der Waals surface area (Å²) in [6.07, 6.45) is 5.17. The summed E-state index contributed by atoms with van der Waals surface area (Å²) < 4.78 is 32.5. The molecule has 5 nitrogen and oxygen atoms in total. The van der Waals surface area contributed by atoms with Gasteiger partial charge in [0.2, 0.25) is 10.0 Å². The number of nitrogens with zero attached hydrogens (tertiary/aromatic N) is 1. The molecule has 1 aliphatic rings. The number of hydrogen-bond donors (Lipinski definition) is 1. The molecule has 24 heavy (non-hydrogen) atoms. The summed E-state index contributed by atoms with van der Waals surface area (Å²) in [6, 6.07) is 8.01. The third-order valence-corrected chi connectivity index (χ3v) is 6.01. The Morgan fingerprint density at radius 1 is 1.25 bits per heavy atom. The monoisotopic (exact) mass is 354 g/mol. The molecular formula is C18H30N2O3S. The van der Waals surface area contributed by atoms with Crippen molar-refractivity contribution in [2.24, 2.45) is 0 Å². The highest BCUT2D eigenvalue weighted by Crippen LogP contribution is 2.27. The first-order chi connectivity index (χ1) is 11.6. The number of likely N-dealkylation sites (tertiary alicyclic amines) is 1. The molecule has 0 aromatic heterocycles. The van der Waals surface area contributed by atoms with Gasteiger partial charge in [-0.15, -0.1) is 0 Å². The number of benzene rings is 1. The largest absolute Gasteiger partial charge is 0.497 e. The molecule has 0 amide bonds. The van der Waals surface area contributed by atoms with Crippen molar-refractivity contribution < 1.29 is 13.2 Å². The third kappa shape index (κ3) is 5.76. The van der Waals surface area contributed by atoms with Crippen molar-refractivity contribution in [3.8, 4) is 5.75 Å². The Bertz CT molecular complexity index is 598. The van der Waals surface area contributed by atoms with E-state index in [0.29, 0.717) is 13.0 Å². The lowest BCUT2D eigenvalue weighted by molar-refractivity contribution is 0.164.